The normalized spacial score (nSPS) is 19.7. The number of H-pyrrole nitrogens is 1. The van der Waals surface area contributed by atoms with E-state index in [1.807, 2.05) is 10.9 Å². The SMILES string of the molecule is Cl.Clc1[nH]nc2nc(Nc3cnn(C4CC4)c3)nc(OC3CCCNC3)c12. The van der Waals surface area contributed by atoms with E-state index in [9.17, 15) is 0 Å². The molecule has 1 aliphatic heterocycles. The van der Waals surface area contributed by atoms with Gasteiger partial charge in [-0.3, -0.25) is 9.78 Å². The van der Waals surface area contributed by atoms with Crippen LogP contribution in [0.2, 0.25) is 5.15 Å². The minimum absolute atomic E-state index is 0. The highest BCUT2D eigenvalue weighted by molar-refractivity contribution is 6.34. The Balaban J connectivity index is 0.00000180. The molecule has 2 fully saturated rings. The quantitative estimate of drug-likeness (QED) is 0.593. The lowest BCUT2D eigenvalue weighted by atomic mass is 10.1. The number of nitrogens with one attached hydrogen (secondary N) is 3. The minimum Gasteiger partial charge on any atom is -0.472 e. The number of rotatable bonds is 5. The molecule has 1 saturated heterocycles. The molecule has 1 atom stereocenters. The zero-order valence-corrected chi connectivity index (χ0v) is 16.1. The molecule has 3 aromatic heterocycles. The molecule has 3 aromatic rings. The first-order chi connectivity index (χ1) is 12.8. The van der Waals surface area contributed by atoms with Crippen molar-refractivity contribution in [3.8, 4) is 5.88 Å². The Morgan fingerprint density at radius 1 is 1.26 bits per heavy atom. The molecule has 144 valence electrons. The first-order valence-corrected chi connectivity index (χ1v) is 9.24. The summed E-state index contributed by atoms with van der Waals surface area (Å²) < 4.78 is 8.09. The largest absolute Gasteiger partial charge is 0.472 e. The first kappa shape index (κ1) is 18.3. The monoisotopic (exact) mass is 410 g/mol. The summed E-state index contributed by atoms with van der Waals surface area (Å²) >= 11 is 6.23. The van der Waals surface area contributed by atoms with Gasteiger partial charge in [0.25, 0.3) is 0 Å². The zero-order chi connectivity index (χ0) is 17.5. The fourth-order valence-electron chi connectivity index (χ4n) is 3.15. The third-order valence-electron chi connectivity index (χ3n) is 4.64. The van der Waals surface area contributed by atoms with Gasteiger partial charge in [-0.25, -0.2) is 0 Å². The number of ether oxygens (including phenoxy) is 1. The lowest BCUT2D eigenvalue weighted by molar-refractivity contribution is 0.163. The molecule has 1 unspecified atom stereocenters. The highest BCUT2D eigenvalue weighted by atomic mass is 35.5. The van der Waals surface area contributed by atoms with Gasteiger partial charge in [0.15, 0.2) is 5.65 Å². The number of aromatic nitrogens is 6. The number of hydrogen-bond donors (Lipinski definition) is 3. The van der Waals surface area contributed by atoms with Crippen molar-refractivity contribution < 1.29 is 4.74 Å². The first-order valence-electron chi connectivity index (χ1n) is 8.86. The summed E-state index contributed by atoms with van der Waals surface area (Å²) in [6.07, 6.45) is 8.21. The highest BCUT2D eigenvalue weighted by Crippen LogP contribution is 2.35. The summed E-state index contributed by atoms with van der Waals surface area (Å²) in [6.45, 7) is 1.81. The predicted octanol–water partition coefficient (Wildman–Crippen LogP) is 2.83. The molecule has 0 spiro atoms. The van der Waals surface area contributed by atoms with Crippen LogP contribution < -0.4 is 15.4 Å². The maximum atomic E-state index is 6.23. The molecule has 0 aromatic carbocycles. The summed E-state index contributed by atoms with van der Waals surface area (Å²) in [5, 5.41) is 18.8. The number of piperidine rings is 1. The van der Waals surface area contributed by atoms with Crippen molar-refractivity contribution in [2.24, 2.45) is 0 Å². The smallest absolute Gasteiger partial charge is 0.232 e. The van der Waals surface area contributed by atoms with E-state index in [0.29, 0.717) is 34.1 Å². The second kappa shape index (κ2) is 7.49. The third-order valence-corrected chi connectivity index (χ3v) is 4.92. The molecular formula is C16H20Cl2N8O. The van der Waals surface area contributed by atoms with Crippen LogP contribution in [0.3, 0.4) is 0 Å². The van der Waals surface area contributed by atoms with Gasteiger partial charge < -0.3 is 15.4 Å². The molecule has 2 aliphatic rings. The van der Waals surface area contributed by atoms with Crippen LogP contribution in [0.4, 0.5) is 11.6 Å². The molecule has 4 heterocycles. The standard InChI is InChI=1S/C16H19ClN8O.ClH/c17-13-12-14(24-23-13)21-16(20-9-6-19-25(8-9)10-3-4-10)22-15(12)26-11-2-1-5-18-7-11;/h6,8,10-11,18H,1-5,7H2,(H2,20,21,22,23,24);1H. The van der Waals surface area contributed by atoms with Crippen LogP contribution in [-0.4, -0.2) is 49.1 Å². The van der Waals surface area contributed by atoms with Gasteiger partial charge in [-0.2, -0.15) is 20.2 Å². The van der Waals surface area contributed by atoms with Crippen molar-refractivity contribution in [3.63, 3.8) is 0 Å². The minimum atomic E-state index is 0. The van der Waals surface area contributed by atoms with E-state index in [1.54, 1.807) is 6.20 Å². The van der Waals surface area contributed by atoms with Crippen molar-refractivity contribution in [1.29, 1.82) is 0 Å². The summed E-state index contributed by atoms with van der Waals surface area (Å²) in [6, 6.07) is 0.525. The van der Waals surface area contributed by atoms with Gasteiger partial charge in [-0.15, -0.1) is 12.4 Å². The third kappa shape index (κ3) is 3.80. The van der Waals surface area contributed by atoms with Crippen molar-refractivity contribution >= 4 is 46.7 Å². The van der Waals surface area contributed by atoms with Gasteiger partial charge in [0.05, 0.1) is 17.9 Å². The van der Waals surface area contributed by atoms with E-state index >= 15 is 0 Å². The van der Waals surface area contributed by atoms with Crippen LogP contribution in [0.15, 0.2) is 12.4 Å². The average molecular weight is 411 g/mol. The molecule has 0 bridgehead atoms. The summed E-state index contributed by atoms with van der Waals surface area (Å²) in [5.74, 6) is 0.856. The van der Waals surface area contributed by atoms with Crippen LogP contribution in [0.25, 0.3) is 11.0 Å². The van der Waals surface area contributed by atoms with Crippen LogP contribution >= 0.6 is 24.0 Å². The second-order valence-corrected chi connectivity index (χ2v) is 7.12. The Hall–Kier alpha value is -2.10. The van der Waals surface area contributed by atoms with E-state index in [-0.39, 0.29) is 18.5 Å². The van der Waals surface area contributed by atoms with E-state index in [4.69, 9.17) is 16.3 Å². The number of fused-ring (bicyclic) bond motifs is 1. The van der Waals surface area contributed by atoms with Gasteiger partial charge >= 0.3 is 0 Å². The topological polar surface area (TPSA) is 106 Å². The van der Waals surface area contributed by atoms with Crippen molar-refractivity contribution in [1.82, 2.24) is 35.3 Å². The van der Waals surface area contributed by atoms with E-state index in [2.05, 4.69) is 35.9 Å². The molecule has 27 heavy (non-hydrogen) atoms. The maximum Gasteiger partial charge on any atom is 0.232 e. The van der Waals surface area contributed by atoms with E-state index in [0.717, 1.165) is 31.6 Å². The summed E-state index contributed by atoms with van der Waals surface area (Å²) in [4.78, 5) is 8.97. The Bertz CT molecular complexity index is 932. The van der Waals surface area contributed by atoms with Crippen molar-refractivity contribution in [3.05, 3.63) is 17.5 Å². The second-order valence-electron chi connectivity index (χ2n) is 6.74. The summed E-state index contributed by atoms with van der Waals surface area (Å²) in [7, 11) is 0. The Kier molecular flexibility index (Phi) is 5.07. The van der Waals surface area contributed by atoms with Gasteiger partial charge in [-0.1, -0.05) is 11.6 Å². The lowest BCUT2D eigenvalue weighted by Gasteiger charge is -2.23. The molecule has 3 N–H and O–H groups in total. The van der Waals surface area contributed by atoms with Gasteiger partial charge in [0, 0.05) is 12.7 Å². The average Bonchev–Trinajstić information content (AvgIpc) is 3.29. The fraction of sp³-hybridized carbons (Fsp3) is 0.500. The van der Waals surface area contributed by atoms with Crippen LogP contribution in [0, 0.1) is 0 Å². The Morgan fingerprint density at radius 3 is 2.93 bits per heavy atom. The number of nitrogens with zero attached hydrogens (tertiary/aromatic N) is 5. The Labute approximate surface area is 166 Å². The maximum absolute atomic E-state index is 6.23. The fourth-order valence-corrected chi connectivity index (χ4v) is 3.36. The predicted molar refractivity (Wildman–Crippen MR) is 104 cm³/mol. The number of aromatic amines is 1. The molecule has 1 aliphatic carbocycles. The van der Waals surface area contributed by atoms with Crippen molar-refractivity contribution in [2.75, 3.05) is 18.4 Å². The van der Waals surface area contributed by atoms with Gasteiger partial charge in [0.2, 0.25) is 11.8 Å². The highest BCUT2D eigenvalue weighted by Gasteiger charge is 2.25. The lowest BCUT2D eigenvalue weighted by Crippen LogP contribution is -2.37. The summed E-state index contributed by atoms with van der Waals surface area (Å²) in [5.41, 5.74) is 1.31. The van der Waals surface area contributed by atoms with E-state index < -0.39 is 0 Å². The van der Waals surface area contributed by atoms with Gasteiger partial charge in [0.1, 0.15) is 16.6 Å². The van der Waals surface area contributed by atoms with Crippen LogP contribution in [0.5, 0.6) is 5.88 Å². The van der Waals surface area contributed by atoms with E-state index in [1.165, 1.54) is 12.8 Å². The molecule has 0 radical (unpaired) electrons. The molecule has 1 saturated carbocycles. The van der Waals surface area contributed by atoms with Crippen molar-refractivity contribution in [2.45, 2.75) is 37.8 Å². The molecule has 11 heteroatoms. The number of halogens is 2. The Morgan fingerprint density at radius 2 is 2.15 bits per heavy atom. The van der Waals surface area contributed by atoms with Gasteiger partial charge in [-0.05, 0) is 32.2 Å². The molecular weight excluding hydrogens is 391 g/mol. The number of anilines is 2. The number of hydrogen-bond acceptors (Lipinski definition) is 7. The molecule has 0 amide bonds. The van der Waals surface area contributed by atoms with Crippen LogP contribution in [-0.2, 0) is 0 Å². The van der Waals surface area contributed by atoms with Crippen LogP contribution in [0.1, 0.15) is 31.7 Å². The zero-order valence-electron chi connectivity index (χ0n) is 14.5. The molecule has 5 rings (SSSR count). The molecule has 9 nitrogen and oxygen atoms in total.